The summed E-state index contributed by atoms with van der Waals surface area (Å²) in [6, 6.07) is 16.8. The van der Waals surface area contributed by atoms with Crippen molar-refractivity contribution >= 4 is 16.8 Å². The smallest absolute Gasteiger partial charge is 0.239 e. The predicted octanol–water partition coefficient (Wildman–Crippen LogP) is 5.08. The minimum atomic E-state index is -0.229. The van der Waals surface area contributed by atoms with Crippen LogP contribution in [0.25, 0.3) is 10.9 Å². The first-order valence-electron chi connectivity index (χ1n) is 11.8. The summed E-state index contributed by atoms with van der Waals surface area (Å²) in [7, 11) is 3.65. The molecule has 1 heterocycles. The quantitative estimate of drug-likeness (QED) is 0.521. The van der Waals surface area contributed by atoms with E-state index in [4.69, 9.17) is 4.74 Å². The van der Waals surface area contributed by atoms with Gasteiger partial charge in [0.2, 0.25) is 5.91 Å². The first kappa shape index (κ1) is 22.4. The molecule has 5 nitrogen and oxygen atoms in total. The van der Waals surface area contributed by atoms with E-state index in [0.29, 0.717) is 12.6 Å². The van der Waals surface area contributed by atoms with E-state index >= 15 is 0 Å². The molecule has 3 aromatic rings. The van der Waals surface area contributed by atoms with Crippen molar-refractivity contribution in [1.82, 2.24) is 15.2 Å². The normalized spacial score (nSPS) is 16.6. The fraction of sp³-hybridized carbons (Fsp3) is 0.444. The van der Waals surface area contributed by atoms with Gasteiger partial charge in [-0.05, 0) is 49.1 Å². The molecule has 1 aliphatic carbocycles. The molecule has 0 spiro atoms. The molecule has 4 rings (SSSR count). The van der Waals surface area contributed by atoms with E-state index in [1.54, 1.807) is 7.11 Å². The van der Waals surface area contributed by atoms with Gasteiger partial charge in [-0.2, -0.15) is 0 Å². The van der Waals surface area contributed by atoms with Gasteiger partial charge in [0, 0.05) is 42.7 Å². The molecule has 5 heteroatoms. The van der Waals surface area contributed by atoms with Crippen LogP contribution >= 0.6 is 0 Å². The van der Waals surface area contributed by atoms with E-state index in [0.717, 1.165) is 24.1 Å². The molecule has 1 aromatic heterocycles. The van der Waals surface area contributed by atoms with Crippen molar-refractivity contribution < 1.29 is 9.53 Å². The van der Waals surface area contributed by atoms with Gasteiger partial charge in [0.05, 0.1) is 13.2 Å². The maximum absolute atomic E-state index is 13.1. The number of likely N-dealkylation sites (N-methyl/N-ethyl adjacent to an activating group) is 1. The third kappa shape index (κ3) is 4.83. The molecule has 1 saturated carbocycles. The zero-order valence-corrected chi connectivity index (χ0v) is 19.4. The summed E-state index contributed by atoms with van der Waals surface area (Å²) < 4.78 is 5.35. The van der Waals surface area contributed by atoms with E-state index in [1.165, 1.54) is 35.8 Å². The number of H-pyrrole nitrogens is 1. The molecule has 0 radical (unpaired) electrons. The largest absolute Gasteiger partial charge is 0.497 e. The Kier molecular flexibility index (Phi) is 7.15. The molecule has 0 bridgehead atoms. The van der Waals surface area contributed by atoms with Gasteiger partial charge in [0.25, 0.3) is 0 Å². The molecular weight excluding hydrogens is 398 g/mol. The second-order valence-electron chi connectivity index (χ2n) is 8.99. The van der Waals surface area contributed by atoms with E-state index in [9.17, 15) is 4.79 Å². The Hall–Kier alpha value is -2.79. The van der Waals surface area contributed by atoms with Gasteiger partial charge < -0.3 is 19.9 Å². The van der Waals surface area contributed by atoms with Crippen LogP contribution in [0.4, 0.5) is 0 Å². The molecule has 1 fully saturated rings. The Morgan fingerprint density at radius 3 is 2.56 bits per heavy atom. The molecule has 170 valence electrons. The van der Waals surface area contributed by atoms with E-state index in [2.05, 4.69) is 46.8 Å². The fourth-order valence-electron chi connectivity index (χ4n) is 4.96. The Bertz CT molecular complexity index is 1020. The summed E-state index contributed by atoms with van der Waals surface area (Å²) in [5, 5.41) is 4.76. The summed E-state index contributed by atoms with van der Waals surface area (Å²) in [4.78, 5) is 18.5. The van der Waals surface area contributed by atoms with Crippen LogP contribution in [0.5, 0.6) is 5.75 Å². The highest BCUT2D eigenvalue weighted by Crippen LogP contribution is 2.31. The third-order valence-electron chi connectivity index (χ3n) is 6.98. The van der Waals surface area contributed by atoms with Crippen molar-refractivity contribution in [2.75, 3.05) is 20.7 Å². The van der Waals surface area contributed by atoms with Crippen molar-refractivity contribution in [2.45, 2.75) is 57.0 Å². The molecule has 1 amide bonds. The predicted molar refractivity (Wildman–Crippen MR) is 130 cm³/mol. The van der Waals surface area contributed by atoms with Crippen LogP contribution in [0.3, 0.4) is 0 Å². The lowest BCUT2D eigenvalue weighted by molar-refractivity contribution is -0.134. The summed E-state index contributed by atoms with van der Waals surface area (Å²) in [6.07, 6.45) is 8.09. The summed E-state index contributed by atoms with van der Waals surface area (Å²) in [5.41, 5.74) is 3.56. The number of carbonyl (C=O) groups excluding carboxylic acids is 1. The number of nitrogens with one attached hydrogen (secondary N) is 2. The number of hydrogen-bond acceptors (Lipinski definition) is 3. The molecule has 1 aliphatic rings. The van der Waals surface area contributed by atoms with Gasteiger partial charge in [-0.1, -0.05) is 49.6 Å². The summed E-state index contributed by atoms with van der Waals surface area (Å²) >= 11 is 0. The molecule has 0 unspecified atom stereocenters. The fourth-order valence-corrected chi connectivity index (χ4v) is 4.96. The highest BCUT2D eigenvalue weighted by molar-refractivity contribution is 5.84. The zero-order chi connectivity index (χ0) is 22.5. The Balaban J connectivity index is 1.53. The Morgan fingerprint density at radius 1 is 1.12 bits per heavy atom. The highest BCUT2D eigenvalue weighted by Gasteiger charge is 2.26. The van der Waals surface area contributed by atoms with Gasteiger partial charge >= 0.3 is 0 Å². The lowest BCUT2D eigenvalue weighted by atomic mass is 9.90. The first-order chi connectivity index (χ1) is 15.6. The van der Waals surface area contributed by atoms with E-state index in [-0.39, 0.29) is 17.9 Å². The minimum absolute atomic E-state index is 0.118. The number of fused-ring (bicyclic) bond motifs is 1. The van der Waals surface area contributed by atoms with Crippen LogP contribution in [-0.2, 0) is 4.79 Å². The number of para-hydroxylation sites is 1. The third-order valence-corrected chi connectivity index (χ3v) is 6.98. The SMILES string of the molecule is COc1ccc([C@@H](CN[C@H](C)C(=O)N(C)C2CCCCC2)c2c[nH]c3ccccc23)cc1. The number of rotatable bonds is 8. The summed E-state index contributed by atoms with van der Waals surface area (Å²) in [5.74, 6) is 1.15. The number of hydrogen-bond donors (Lipinski definition) is 2. The highest BCUT2D eigenvalue weighted by atomic mass is 16.5. The zero-order valence-electron chi connectivity index (χ0n) is 19.4. The minimum Gasteiger partial charge on any atom is -0.497 e. The standard InChI is InChI=1S/C27H35N3O2/c1-19(27(31)30(2)21-9-5-4-6-10-21)28-17-24(20-13-15-22(32-3)16-14-20)25-18-29-26-12-8-7-11-23(25)26/h7-8,11-16,18-19,21,24,28-29H,4-6,9-10,17H2,1-3H3/t19-,24-/m1/s1. The monoisotopic (exact) mass is 433 g/mol. The molecule has 2 aromatic carbocycles. The van der Waals surface area contributed by atoms with E-state index < -0.39 is 0 Å². The lowest BCUT2D eigenvalue weighted by Gasteiger charge is -2.33. The van der Waals surface area contributed by atoms with Crippen LogP contribution in [0.2, 0.25) is 0 Å². The molecule has 0 aliphatic heterocycles. The number of benzene rings is 2. The maximum Gasteiger partial charge on any atom is 0.239 e. The number of aromatic nitrogens is 1. The average molecular weight is 434 g/mol. The van der Waals surface area contributed by atoms with Crippen LogP contribution in [0, 0.1) is 0 Å². The average Bonchev–Trinajstić information content (AvgIpc) is 3.28. The van der Waals surface area contributed by atoms with Crippen molar-refractivity contribution in [3.05, 3.63) is 65.9 Å². The Morgan fingerprint density at radius 2 is 1.84 bits per heavy atom. The molecule has 32 heavy (non-hydrogen) atoms. The van der Waals surface area contributed by atoms with Crippen molar-refractivity contribution in [3.63, 3.8) is 0 Å². The molecule has 2 atom stereocenters. The summed E-state index contributed by atoms with van der Waals surface area (Å²) in [6.45, 7) is 2.67. The van der Waals surface area contributed by atoms with E-state index in [1.807, 2.05) is 37.1 Å². The van der Waals surface area contributed by atoms with Crippen molar-refractivity contribution in [2.24, 2.45) is 0 Å². The van der Waals surface area contributed by atoms with Gasteiger partial charge in [0.1, 0.15) is 5.75 Å². The number of amides is 1. The topological polar surface area (TPSA) is 57.4 Å². The number of methoxy groups -OCH3 is 1. The van der Waals surface area contributed by atoms with Gasteiger partial charge in [-0.3, -0.25) is 4.79 Å². The van der Waals surface area contributed by atoms with Crippen LogP contribution in [0.1, 0.15) is 56.1 Å². The maximum atomic E-state index is 13.1. The second kappa shape index (κ2) is 10.2. The molecule has 0 saturated heterocycles. The van der Waals surface area contributed by atoms with Crippen molar-refractivity contribution in [1.29, 1.82) is 0 Å². The van der Waals surface area contributed by atoms with Crippen molar-refractivity contribution in [3.8, 4) is 5.75 Å². The number of nitrogens with zero attached hydrogens (tertiary/aromatic N) is 1. The molecule has 2 N–H and O–H groups in total. The van der Waals surface area contributed by atoms with Gasteiger partial charge in [0.15, 0.2) is 0 Å². The Labute approximate surface area is 191 Å². The number of aromatic amines is 1. The van der Waals surface area contributed by atoms with Crippen LogP contribution in [-0.4, -0.2) is 48.6 Å². The molecular formula is C27H35N3O2. The van der Waals surface area contributed by atoms with Crippen LogP contribution < -0.4 is 10.1 Å². The van der Waals surface area contributed by atoms with Crippen LogP contribution in [0.15, 0.2) is 54.7 Å². The first-order valence-corrected chi connectivity index (χ1v) is 11.8. The lowest BCUT2D eigenvalue weighted by Crippen LogP contribution is -2.48. The van der Waals surface area contributed by atoms with Gasteiger partial charge in [-0.25, -0.2) is 0 Å². The van der Waals surface area contributed by atoms with Gasteiger partial charge in [-0.15, -0.1) is 0 Å². The second-order valence-corrected chi connectivity index (χ2v) is 8.99. The number of carbonyl (C=O) groups is 1. The number of ether oxygens (including phenoxy) is 1.